The van der Waals surface area contributed by atoms with Crippen LogP contribution in [0.3, 0.4) is 0 Å². The normalized spacial score (nSPS) is 14.6. The van der Waals surface area contributed by atoms with Crippen LogP contribution in [0.2, 0.25) is 0 Å². The summed E-state index contributed by atoms with van der Waals surface area (Å²) < 4.78 is 28.5. The van der Waals surface area contributed by atoms with Crippen molar-refractivity contribution in [2.75, 3.05) is 18.0 Å². The van der Waals surface area contributed by atoms with E-state index in [9.17, 15) is 8.78 Å². The second-order valence-electron chi connectivity index (χ2n) is 5.51. The van der Waals surface area contributed by atoms with Gasteiger partial charge >= 0.3 is 0 Å². The van der Waals surface area contributed by atoms with Crippen molar-refractivity contribution in [3.8, 4) is 0 Å². The maximum absolute atomic E-state index is 14.3. The first-order chi connectivity index (χ1) is 9.67. The Morgan fingerprint density at radius 1 is 1.15 bits per heavy atom. The Labute approximate surface area is 120 Å². The van der Waals surface area contributed by atoms with Crippen molar-refractivity contribution in [3.05, 3.63) is 29.3 Å². The standard InChI is InChI=1S/C16H24F2N2/c1-3-7-19-11-12-9-14(17)16(15(18)10-12)20(8-4-2)13-5-6-13/h9-10,13,19H,3-8,11H2,1-2H3. The number of hydrogen-bond acceptors (Lipinski definition) is 2. The minimum absolute atomic E-state index is 0.161. The van der Waals surface area contributed by atoms with E-state index in [4.69, 9.17) is 0 Å². The molecule has 0 aromatic heterocycles. The Kier molecular flexibility index (Phi) is 5.35. The molecule has 0 heterocycles. The molecular formula is C16H24F2N2. The number of nitrogens with one attached hydrogen (secondary N) is 1. The Hall–Kier alpha value is -1.16. The Morgan fingerprint density at radius 2 is 1.80 bits per heavy atom. The van der Waals surface area contributed by atoms with E-state index in [0.29, 0.717) is 24.7 Å². The van der Waals surface area contributed by atoms with E-state index in [1.165, 1.54) is 12.1 Å². The van der Waals surface area contributed by atoms with Crippen LogP contribution in [-0.2, 0) is 6.54 Å². The fourth-order valence-corrected chi connectivity index (χ4v) is 2.51. The van der Waals surface area contributed by atoms with Crippen molar-refractivity contribution in [2.24, 2.45) is 0 Å². The first kappa shape index (κ1) is 15.2. The van der Waals surface area contributed by atoms with Gasteiger partial charge in [-0.3, -0.25) is 0 Å². The van der Waals surface area contributed by atoms with E-state index < -0.39 is 11.6 Å². The molecule has 1 aromatic rings. The van der Waals surface area contributed by atoms with Crippen molar-refractivity contribution in [2.45, 2.75) is 52.1 Å². The molecule has 0 spiro atoms. The lowest BCUT2D eigenvalue weighted by Crippen LogP contribution is -2.28. The second-order valence-corrected chi connectivity index (χ2v) is 5.51. The van der Waals surface area contributed by atoms with Crippen LogP contribution in [0, 0.1) is 11.6 Å². The molecule has 2 rings (SSSR count). The zero-order chi connectivity index (χ0) is 14.5. The first-order valence-electron chi connectivity index (χ1n) is 7.62. The zero-order valence-corrected chi connectivity index (χ0v) is 12.4. The van der Waals surface area contributed by atoms with Crippen LogP contribution in [0.15, 0.2) is 12.1 Å². The highest BCUT2D eigenvalue weighted by Gasteiger charge is 2.32. The van der Waals surface area contributed by atoms with Crippen molar-refractivity contribution in [3.63, 3.8) is 0 Å². The predicted molar refractivity (Wildman–Crippen MR) is 79.0 cm³/mol. The van der Waals surface area contributed by atoms with E-state index in [-0.39, 0.29) is 5.69 Å². The van der Waals surface area contributed by atoms with Crippen LogP contribution in [0.1, 0.15) is 45.1 Å². The fraction of sp³-hybridized carbons (Fsp3) is 0.625. The van der Waals surface area contributed by atoms with Crippen LogP contribution in [0.4, 0.5) is 14.5 Å². The molecule has 0 unspecified atom stereocenters. The number of hydrogen-bond donors (Lipinski definition) is 1. The van der Waals surface area contributed by atoms with Crippen LogP contribution >= 0.6 is 0 Å². The Balaban J connectivity index is 2.16. The van der Waals surface area contributed by atoms with Gasteiger partial charge < -0.3 is 10.2 Å². The summed E-state index contributed by atoms with van der Waals surface area (Å²) in [6, 6.07) is 3.25. The molecule has 1 N–H and O–H groups in total. The molecule has 0 atom stereocenters. The van der Waals surface area contributed by atoms with Crippen molar-refractivity contribution in [1.82, 2.24) is 5.32 Å². The van der Waals surface area contributed by atoms with Gasteiger partial charge in [-0.05, 0) is 49.9 Å². The molecular weight excluding hydrogens is 258 g/mol. The zero-order valence-electron chi connectivity index (χ0n) is 12.4. The van der Waals surface area contributed by atoms with Gasteiger partial charge in [-0.1, -0.05) is 13.8 Å². The van der Waals surface area contributed by atoms with Gasteiger partial charge in [-0.2, -0.15) is 0 Å². The molecule has 1 aromatic carbocycles. The summed E-state index contributed by atoms with van der Waals surface area (Å²) >= 11 is 0. The molecule has 2 nitrogen and oxygen atoms in total. The van der Waals surface area contributed by atoms with Crippen molar-refractivity contribution < 1.29 is 8.78 Å². The maximum atomic E-state index is 14.3. The van der Waals surface area contributed by atoms with E-state index in [1.54, 1.807) is 0 Å². The fourth-order valence-electron chi connectivity index (χ4n) is 2.51. The lowest BCUT2D eigenvalue weighted by atomic mass is 10.1. The van der Waals surface area contributed by atoms with Gasteiger partial charge in [-0.25, -0.2) is 8.78 Å². The van der Waals surface area contributed by atoms with Crippen LogP contribution in [0.5, 0.6) is 0 Å². The first-order valence-corrected chi connectivity index (χ1v) is 7.62. The molecule has 112 valence electrons. The van der Waals surface area contributed by atoms with Crippen LogP contribution in [-0.4, -0.2) is 19.1 Å². The van der Waals surface area contributed by atoms with Crippen LogP contribution in [0.25, 0.3) is 0 Å². The molecule has 20 heavy (non-hydrogen) atoms. The summed E-state index contributed by atoms with van der Waals surface area (Å²) in [6.07, 6.45) is 3.99. The summed E-state index contributed by atoms with van der Waals surface area (Å²) in [5.74, 6) is -0.864. The molecule has 4 heteroatoms. The van der Waals surface area contributed by atoms with E-state index in [2.05, 4.69) is 12.2 Å². The smallest absolute Gasteiger partial charge is 0.149 e. The topological polar surface area (TPSA) is 15.3 Å². The summed E-state index contributed by atoms with van der Waals surface area (Å²) in [7, 11) is 0. The summed E-state index contributed by atoms with van der Waals surface area (Å²) in [4.78, 5) is 1.90. The predicted octanol–water partition coefficient (Wildman–Crippen LogP) is 3.84. The highest BCUT2D eigenvalue weighted by Crippen LogP contribution is 2.35. The van der Waals surface area contributed by atoms with E-state index in [0.717, 1.165) is 32.2 Å². The molecule has 0 radical (unpaired) electrons. The minimum atomic E-state index is -0.432. The van der Waals surface area contributed by atoms with E-state index in [1.807, 2.05) is 11.8 Å². The Morgan fingerprint density at radius 3 is 2.30 bits per heavy atom. The van der Waals surface area contributed by atoms with Crippen LogP contribution < -0.4 is 10.2 Å². The SMILES string of the molecule is CCCNCc1cc(F)c(N(CCC)C2CC2)c(F)c1. The average molecular weight is 282 g/mol. The van der Waals surface area contributed by atoms with E-state index >= 15 is 0 Å². The van der Waals surface area contributed by atoms with Gasteiger partial charge in [0.1, 0.15) is 17.3 Å². The summed E-state index contributed by atoms with van der Waals surface area (Å²) in [6.45, 7) is 6.18. The molecule has 0 saturated heterocycles. The molecule has 1 saturated carbocycles. The van der Waals surface area contributed by atoms with Gasteiger partial charge in [0.25, 0.3) is 0 Å². The maximum Gasteiger partial charge on any atom is 0.149 e. The Bertz CT molecular complexity index is 421. The summed E-state index contributed by atoms with van der Waals surface area (Å²) in [5.41, 5.74) is 0.832. The third-order valence-corrected chi connectivity index (χ3v) is 3.57. The van der Waals surface area contributed by atoms with Gasteiger partial charge in [-0.15, -0.1) is 0 Å². The van der Waals surface area contributed by atoms with Crippen molar-refractivity contribution >= 4 is 5.69 Å². The molecule has 0 bridgehead atoms. The van der Waals surface area contributed by atoms with Gasteiger partial charge in [0.05, 0.1) is 0 Å². The largest absolute Gasteiger partial charge is 0.364 e. The quantitative estimate of drug-likeness (QED) is 0.729. The molecule has 1 fully saturated rings. The van der Waals surface area contributed by atoms with Gasteiger partial charge in [0, 0.05) is 19.1 Å². The number of rotatable bonds is 8. The average Bonchev–Trinajstić information content (AvgIpc) is 3.21. The highest BCUT2D eigenvalue weighted by atomic mass is 19.1. The van der Waals surface area contributed by atoms with Crippen molar-refractivity contribution in [1.29, 1.82) is 0 Å². The number of benzene rings is 1. The molecule has 1 aliphatic rings. The number of anilines is 1. The highest BCUT2D eigenvalue weighted by molar-refractivity contribution is 5.52. The van der Waals surface area contributed by atoms with Gasteiger partial charge in [0.15, 0.2) is 0 Å². The second kappa shape index (κ2) is 7.02. The van der Waals surface area contributed by atoms with Gasteiger partial charge in [0.2, 0.25) is 0 Å². The monoisotopic (exact) mass is 282 g/mol. The molecule has 0 aliphatic heterocycles. The number of nitrogens with zero attached hydrogens (tertiary/aromatic N) is 1. The lowest BCUT2D eigenvalue weighted by Gasteiger charge is -2.25. The third-order valence-electron chi connectivity index (χ3n) is 3.57. The lowest BCUT2D eigenvalue weighted by molar-refractivity contribution is 0.560. The third kappa shape index (κ3) is 3.69. The molecule has 0 amide bonds. The number of halogens is 2. The molecule has 1 aliphatic carbocycles. The minimum Gasteiger partial charge on any atom is -0.364 e. The summed E-state index contributed by atoms with van der Waals surface area (Å²) in [5, 5.41) is 3.17.